The number of hydrogen-bond acceptors (Lipinski definition) is 5. The second-order valence-corrected chi connectivity index (χ2v) is 8.14. The summed E-state index contributed by atoms with van der Waals surface area (Å²) in [5.41, 5.74) is 1.59. The first-order valence-electron chi connectivity index (χ1n) is 10.6. The van der Waals surface area contributed by atoms with Gasteiger partial charge in [0.25, 0.3) is 5.91 Å². The molecule has 0 radical (unpaired) electrons. The van der Waals surface area contributed by atoms with Crippen LogP contribution in [0.4, 0.5) is 0 Å². The van der Waals surface area contributed by atoms with Gasteiger partial charge in [0.2, 0.25) is 5.76 Å². The fourth-order valence-corrected chi connectivity index (χ4v) is 4.73. The Balaban J connectivity index is 1.98. The molecule has 1 aromatic carbocycles. The summed E-state index contributed by atoms with van der Waals surface area (Å²) in [6, 6.07) is 4.92. The van der Waals surface area contributed by atoms with Crippen LogP contribution < -0.4 is 5.32 Å². The number of nitrogens with zero attached hydrogens (tertiary/aromatic N) is 1. The third-order valence-electron chi connectivity index (χ3n) is 5.78. The minimum Gasteiger partial charge on any atom is -0.478 e. The quantitative estimate of drug-likeness (QED) is 0.774. The maximum Gasteiger partial charge on any atom is 0.288 e. The standard InChI is InChI=1S/C23H25ClN2O4/c1-3-8-15-17-18(21(28)16-13(20(17)27)9-7-10-14(16)24)19(26-11-5-6-12-26)22(30-15)23(29)25-4-2/h7,9-10,15H,3-6,8,11-12H2,1-2H3,(H,25,29). The van der Waals surface area contributed by atoms with Crippen molar-refractivity contribution in [1.29, 1.82) is 0 Å². The Bertz CT molecular complexity index is 989. The van der Waals surface area contributed by atoms with Crippen LogP contribution in [0.2, 0.25) is 5.02 Å². The molecule has 2 heterocycles. The highest BCUT2D eigenvalue weighted by Crippen LogP contribution is 2.43. The molecule has 1 atom stereocenters. The lowest BCUT2D eigenvalue weighted by Crippen LogP contribution is -2.42. The number of allylic oxidation sites excluding steroid dienone is 1. The van der Waals surface area contributed by atoms with Gasteiger partial charge in [0.1, 0.15) is 6.10 Å². The van der Waals surface area contributed by atoms with E-state index < -0.39 is 6.10 Å². The van der Waals surface area contributed by atoms with Crippen LogP contribution in [0.25, 0.3) is 0 Å². The van der Waals surface area contributed by atoms with Gasteiger partial charge in [-0.05, 0) is 32.3 Å². The van der Waals surface area contributed by atoms with E-state index in [4.69, 9.17) is 16.3 Å². The molecule has 1 fully saturated rings. The van der Waals surface area contributed by atoms with Crippen molar-refractivity contribution in [3.8, 4) is 0 Å². The van der Waals surface area contributed by atoms with Crippen LogP contribution in [-0.2, 0) is 9.53 Å². The highest BCUT2D eigenvalue weighted by molar-refractivity contribution is 6.39. The number of nitrogens with one attached hydrogen (secondary N) is 1. The smallest absolute Gasteiger partial charge is 0.288 e. The Labute approximate surface area is 180 Å². The maximum absolute atomic E-state index is 13.7. The highest BCUT2D eigenvalue weighted by atomic mass is 35.5. The zero-order chi connectivity index (χ0) is 21.4. The molecular formula is C23H25ClN2O4. The second-order valence-electron chi connectivity index (χ2n) is 7.74. The van der Waals surface area contributed by atoms with Crippen LogP contribution in [0, 0.1) is 0 Å². The molecule has 1 aliphatic carbocycles. The number of hydrogen-bond donors (Lipinski definition) is 1. The summed E-state index contributed by atoms with van der Waals surface area (Å²) in [6.45, 7) is 5.65. The van der Waals surface area contributed by atoms with Gasteiger partial charge in [-0.25, -0.2) is 0 Å². The van der Waals surface area contributed by atoms with Crippen molar-refractivity contribution in [2.45, 2.75) is 45.6 Å². The van der Waals surface area contributed by atoms with Crippen molar-refractivity contribution < 1.29 is 19.1 Å². The van der Waals surface area contributed by atoms with E-state index in [-0.39, 0.29) is 39.4 Å². The van der Waals surface area contributed by atoms with Crippen molar-refractivity contribution in [1.82, 2.24) is 10.2 Å². The zero-order valence-corrected chi connectivity index (χ0v) is 18.0. The first-order chi connectivity index (χ1) is 14.5. The lowest BCUT2D eigenvalue weighted by atomic mass is 9.78. The number of amides is 1. The van der Waals surface area contributed by atoms with Crippen molar-refractivity contribution in [2.24, 2.45) is 0 Å². The molecule has 0 spiro atoms. The normalized spacial score (nSPS) is 20.9. The molecule has 3 aliphatic rings. The first kappa shape index (κ1) is 20.7. The number of likely N-dealkylation sites (tertiary alicyclic amines) is 1. The summed E-state index contributed by atoms with van der Waals surface area (Å²) in [5.74, 6) is -0.782. The van der Waals surface area contributed by atoms with Crippen molar-refractivity contribution >= 4 is 29.1 Å². The van der Waals surface area contributed by atoms with E-state index in [1.807, 2.05) is 18.7 Å². The third kappa shape index (κ3) is 3.23. The van der Waals surface area contributed by atoms with Gasteiger partial charge in [-0.1, -0.05) is 37.1 Å². The molecule has 0 bridgehead atoms. The molecule has 1 amide bonds. The molecule has 158 valence electrons. The largest absolute Gasteiger partial charge is 0.478 e. The van der Waals surface area contributed by atoms with Gasteiger partial charge in [0.05, 0.1) is 27.4 Å². The molecule has 2 aliphatic heterocycles. The molecule has 1 N–H and O–H groups in total. The predicted molar refractivity (Wildman–Crippen MR) is 113 cm³/mol. The lowest BCUT2D eigenvalue weighted by molar-refractivity contribution is -0.122. The molecule has 7 heteroatoms. The van der Waals surface area contributed by atoms with Crippen molar-refractivity contribution in [3.05, 3.63) is 57.0 Å². The van der Waals surface area contributed by atoms with Crippen molar-refractivity contribution in [2.75, 3.05) is 19.6 Å². The first-order valence-corrected chi connectivity index (χ1v) is 10.9. The Morgan fingerprint density at radius 1 is 1.20 bits per heavy atom. The summed E-state index contributed by atoms with van der Waals surface area (Å²) in [4.78, 5) is 42.1. The van der Waals surface area contributed by atoms with Gasteiger partial charge in [0.15, 0.2) is 11.6 Å². The number of Topliss-reactive ketones (excluding diaryl/α,β-unsaturated/α-hetero) is 2. The molecule has 1 unspecified atom stereocenters. The number of fused-ring (bicyclic) bond motifs is 1. The molecule has 0 saturated carbocycles. The maximum atomic E-state index is 13.7. The summed E-state index contributed by atoms with van der Waals surface area (Å²) in [6.07, 6.45) is 2.54. The van der Waals surface area contributed by atoms with Gasteiger partial charge in [-0.2, -0.15) is 0 Å². The van der Waals surface area contributed by atoms with E-state index in [1.165, 1.54) is 0 Å². The summed E-state index contributed by atoms with van der Waals surface area (Å²) < 4.78 is 6.16. The fraction of sp³-hybridized carbons (Fsp3) is 0.435. The number of carbonyl (C=O) groups is 3. The third-order valence-corrected chi connectivity index (χ3v) is 6.09. The van der Waals surface area contributed by atoms with Gasteiger partial charge >= 0.3 is 0 Å². The fourth-order valence-electron chi connectivity index (χ4n) is 4.47. The Morgan fingerprint density at radius 3 is 2.60 bits per heavy atom. The van der Waals surface area contributed by atoms with Crippen LogP contribution in [0.5, 0.6) is 0 Å². The average Bonchev–Trinajstić information content (AvgIpc) is 3.26. The van der Waals surface area contributed by atoms with Crippen LogP contribution in [0.15, 0.2) is 40.8 Å². The van der Waals surface area contributed by atoms with E-state index in [2.05, 4.69) is 5.32 Å². The predicted octanol–water partition coefficient (Wildman–Crippen LogP) is 3.66. The molecular weight excluding hydrogens is 404 g/mol. The minimum absolute atomic E-state index is 0.132. The molecule has 4 rings (SSSR count). The monoisotopic (exact) mass is 428 g/mol. The number of likely N-dealkylation sites (N-methyl/N-ethyl adjacent to an activating group) is 1. The number of halogens is 1. The van der Waals surface area contributed by atoms with Crippen LogP contribution in [-0.4, -0.2) is 48.1 Å². The van der Waals surface area contributed by atoms with E-state index >= 15 is 0 Å². The molecule has 1 saturated heterocycles. The summed E-state index contributed by atoms with van der Waals surface area (Å²) in [5, 5.41) is 3.04. The number of carbonyl (C=O) groups excluding carboxylic acids is 3. The topological polar surface area (TPSA) is 75.7 Å². The summed E-state index contributed by atoms with van der Waals surface area (Å²) >= 11 is 6.35. The van der Waals surface area contributed by atoms with E-state index in [0.717, 1.165) is 19.3 Å². The molecule has 30 heavy (non-hydrogen) atoms. The second kappa shape index (κ2) is 8.26. The van der Waals surface area contributed by atoms with E-state index in [9.17, 15) is 14.4 Å². The minimum atomic E-state index is -0.641. The zero-order valence-electron chi connectivity index (χ0n) is 17.2. The van der Waals surface area contributed by atoms with E-state index in [0.29, 0.717) is 42.9 Å². The molecule has 6 nitrogen and oxygen atoms in total. The Hall–Kier alpha value is -2.60. The number of benzene rings is 1. The van der Waals surface area contributed by atoms with Gasteiger partial charge in [-0.3, -0.25) is 14.4 Å². The number of ether oxygens (including phenoxy) is 1. The Morgan fingerprint density at radius 2 is 1.93 bits per heavy atom. The van der Waals surface area contributed by atoms with Crippen molar-refractivity contribution in [3.63, 3.8) is 0 Å². The van der Waals surface area contributed by atoms with E-state index in [1.54, 1.807) is 18.2 Å². The Kier molecular flexibility index (Phi) is 5.69. The lowest BCUT2D eigenvalue weighted by Gasteiger charge is -2.37. The van der Waals surface area contributed by atoms with Gasteiger partial charge in [0, 0.05) is 25.2 Å². The van der Waals surface area contributed by atoms with Crippen LogP contribution in [0.1, 0.15) is 60.2 Å². The number of ketones is 2. The average molecular weight is 429 g/mol. The van der Waals surface area contributed by atoms with Crippen LogP contribution >= 0.6 is 11.6 Å². The highest BCUT2D eigenvalue weighted by Gasteiger charge is 2.46. The van der Waals surface area contributed by atoms with Gasteiger partial charge in [-0.15, -0.1) is 0 Å². The molecule has 0 aromatic heterocycles. The van der Waals surface area contributed by atoms with Crippen LogP contribution in [0.3, 0.4) is 0 Å². The SMILES string of the molecule is CCCC1OC(C(=O)NCC)=C(N2CCCC2)C2=C1C(=O)c1cccc(Cl)c1C2=O. The summed E-state index contributed by atoms with van der Waals surface area (Å²) in [7, 11) is 0. The van der Waals surface area contributed by atoms with Gasteiger partial charge < -0.3 is 15.0 Å². The number of rotatable bonds is 5. The molecule has 1 aromatic rings.